The Kier molecular flexibility index (Phi) is 5.47. The van der Waals surface area contributed by atoms with Crippen LogP contribution < -0.4 is 5.26 Å². The van der Waals surface area contributed by atoms with E-state index in [0.717, 1.165) is 30.8 Å². The largest absolute Gasteiger partial charge is 0.691 e. The molecule has 0 aliphatic carbocycles. The predicted octanol–water partition coefficient (Wildman–Crippen LogP) is 2.95. The molecule has 0 N–H and O–H groups in total. The Morgan fingerprint density at radius 1 is 1.40 bits per heavy atom. The molecule has 1 heterocycles. The van der Waals surface area contributed by atoms with Gasteiger partial charge in [-0.15, -0.1) is 0 Å². The van der Waals surface area contributed by atoms with Gasteiger partial charge in [0.1, 0.15) is 6.54 Å². The first-order valence-electron chi connectivity index (χ1n) is 6.48. The molecule has 0 saturated heterocycles. The fraction of sp³-hybridized carbons (Fsp3) is 0.500. The maximum Gasteiger partial charge on any atom is 0.209 e. The highest BCUT2D eigenvalue weighted by Crippen LogP contribution is 2.40. The third-order valence-electron chi connectivity index (χ3n) is 3.92. The van der Waals surface area contributed by atoms with Gasteiger partial charge in [-0.3, -0.25) is 5.04 Å². The van der Waals surface area contributed by atoms with Crippen LogP contribution in [0.25, 0.3) is 0 Å². The van der Waals surface area contributed by atoms with Crippen LogP contribution in [0.4, 0.5) is 5.69 Å². The van der Waals surface area contributed by atoms with E-state index in [4.69, 9.17) is 0 Å². The molecule has 0 atom stereocenters. The third kappa shape index (κ3) is 3.19. The lowest BCUT2D eigenvalue weighted by atomic mass is 9.82. The van der Waals surface area contributed by atoms with Gasteiger partial charge in [0.15, 0.2) is 5.71 Å². The van der Waals surface area contributed by atoms with Crippen molar-refractivity contribution in [1.82, 2.24) is 0 Å². The van der Waals surface area contributed by atoms with Gasteiger partial charge in [0.2, 0.25) is 5.69 Å². The molecule has 0 saturated carbocycles. The summed E-state index contributed by atoms with van der Waals surface area (Å²) in [4.78, 5) is 0. The predicted molar refractivity (Wildman–Crippen MR) is 86.9 cm³/mol. The topological polar surface area (TPSA) is 44.5 Å². The minimum atomic E-state index is 0.0677. The zero-order valence-corrected chi connectivity index (χ0v) is 14.8. The highest BCUT2D eigenvalue weighted by atomic mass is 127. The molecular formula is C14H18INO3S. The highest BCUT2D eigenvalue weighted by molar-refractivity contribution is 14.1. The van der Waals surface area contributed by atoms with E-state index in [-0.39, 0.29) is 5.41 Å². The molecule has 1 aliphatic heterocycles. The molecule has 4 nitrogen and oxygen atoms in total. The summed E-state index contributed by atoms with van der Waals surface area (Å²) in [6.07, 6.45) is 0.923. The molecule has 20 heavy (non-hydrogen) atoms. The van der Waals surface area contributed by atoms with E-state index in [2.05, 4.69) is 75.5 Å². The smallest absolute Gasteiger partial charge is 0.209 e. The number of rotatable bonds is 6. The number of hydrogen-bond acceptors (Lipinski definition) is 4. The number of halogens is 1. The molecule has 0 bridgehead atoms. The Bertz CT molecular complexity index is 531. The van der Waals surface area contributed by atoms with Crippen LogP contribution in [0.3, 0.4) is 0 Å². The molecule has 110 valence electrons. The van der Waals surface area contributed by atoms with E-state index in [9.17, 15) is 5.26 Å². The molecule has 6 heteroatoms. The van der Waals surface area contributed by atoms with Crippen molar-refractivity contribution in [2.24, 2.45) is 0 Å². The van der Waals surface area contributed by atoms with Crippen molar-refractivity contribution in [1.29, 1.82) is 0 Å². The third-order valence-corrected chi connectivity index (χ3v) is 5.20. The summed E-state index contributed by atoms with van der Waals surface area (Å²) in [6, 6.07) is 6.60. The van der Waals surface area contributed by atoms with Gasteiger partial charge in [0.25, 0.3) is 0 Å². The molecular weight excluding hydrogens is 389 g/mol. The van der Waals surface area contributed by atoms with Crippen molar-refractivity contribution in [3.8, 4) is 0 Å². The van der Waals surface area contributed by atoms with E-state index < -0.39 is 0 Å². The van der Waals surface area contributed by atoms with E-state index in [0.29, 0.717) is 0 Å². The lowest BCUT2D eigenvalue weighted by molar-refractivity contribution is -0.777. The lowest BCUT2D eigenvalue weighted by Gasteiger charge is -2.14. The molecule has 0 radical (unpaired) electrons. The fourth-order valence-electron chi connectivity index (χ4n) is 2.58. The highest BCUT2D eigenvalue weighted by Gasteiger charge is 2.42. The van der Waals surface area contributed by atoms with Crippen molar-refractivity contribution in [2.75, 3.05) is 12.3 Å². The van der Waals surface area contributed by atoms with Crippen LogP contribution in [0.5, 0.6) is 0 Å². The Hall–Kier alpha value is -0.150. The zero-order chi connectivity index (χ0) is 14.8. The Labute approximate surface area is 137 Å². The number of nitrogens with zero attached hydrogens (tertiary/aromatic N) is 1. The van der Waals surface area contributed by atoms with Crippen LogP contribution >= 0.6 is 34.6 Å². The minimum absolute atomic E-state index is 0.0677. The van der Waals surface area contributed by atoms with Crippen LogP contribution in [0.1, 0.15) is 32.8 Å². The van der Waals surface area contributed by atoms with Gasteiger partial charge in [0.05, 0.1) is 5.41 Å². The second-order valence-corrected chi connectivity index (χ2v) is 7.36. The van der Waals surface area contributed by atoms with Gasteiger partial charge in [-0.2, -0.15) is 8.91 Å². The van der Waals surface area contributed by atoms with Gasteiger partial charge in [-0.25, -0.2) is 0 Å². The average Bonchev–Trinajstić information content (AvgIpc) is 2.59. The van der Waals surface area contributed by atoms with Crippen molar-refractivity contribution in [3.63, 3.8) is 0 Å². The summed E-state index contributed by atoms with van der Waals surface area (Å²) >= 11 is 3.41. The second-order valence-electron chi connectivity index (χ2n) is 5.34. The summed E-state index contributed by atoms with van der Waals surface area (Å²) in [5, 5.41) is 13.1. The summed E-state index contributed by atoms with van der Waals surface area (Å²) in [5.41, 5.74) is 4.10. The summed E-state index contributed by atoms with van der Waals surface area (Å²) in [5.74, 6) is 0.728. The van der Waals surface area contributed by atoms with E-state index in [1.807, 2.05) is 0 Å². The second kappa shape index (κ2) is 6.74. The molecule has 0 amide bonds. The normalized spacial score (nSPS) is 16.6. The first kappa shape index (κ1) is 16.2. The molecule has 1 aliphatic rings. The maximum atomic E-state index is 9.72. The molecule has 1 aromatic carbocycles. The Balaban J connectivity index is 2.15. The quantitative estimate of drug-likeness (QED) is 0.182. The first-order chi connectivity index (χ1) is 9.48. The monoisotopic (exact) mass is 407 g/mol. The number of hydrogen-bond donors (Lipinski definition) is 0. The fourth-order valence-corrected chi connectivity index (χ4v) is 3.43. The van der Waals surface area contributed by atoms with Crippen LogP contribution in [0.15, 0.2) is 18.2 Å². The van der Waals surface area contributed by atoms with Gasteiger partial charge < -0.3 is 5.26 Å². The number of benzene rings is 1. The maximum absolute atomic E-state index is 9.72. The Morgan fingerprint density at radius 2 is 2.15 bits per heavy atom. The van der Waals surface area contributed by atoms with Gasteiger partial charge in [-0.05, 0) is 48.6 Å². The molecule has 2 rings (SSSR count). The van der Waals surface area contributed by atoms with Crippen LogP contribution in [0.2, 0.25) is 0 Å². The van der Waals surface area contributed by atoms with Crippen molar-refractivity contribution >= 4 is 46.0 Å². The summed E-state index contributed by atoms with van der Waals surface area (Å²) < 4.78 is 7.92. The molecule has 0 fully saturated rings. The Morgan fingerprint density at radius 3 is 2.85 bits per heavy atom. The van der Waals surface area contributed by atoms with Crippen LogP contribution in [-0.2, 0) is 14.8 Å². The molecule has 1 aromatic rings. The van der Waals surface area contributed by atoms with Crippen molar-refractivity contribution in [3.05, 3.63) is 27.3 Å². The first-order valence-corrected chi connectivity index (χ1v) is 8.47. The van der Waals surface area contributed by atoms with E-state index >= 15 is 0 Å². The summed E-state index contributed by atoms with van der Waals surface area (Å²) in [7, 11) is 0. The van der Waals surface area contributed by atoms with Crippen LogP contribution in [-0.4, -0.2) is 22.6 Å². The molecule has 0 unspecified atom stereocenters. The van der Waals surface area contributed by atoms with E-state index in [1.54, 1.807) is 0 Å². The standard InChI is InChI=1S/C14H18INO3S/c1-10-14(2,3)12-9-11(15)5-6-13(12)16(10)7-4-8-20-19-18-17/h5-6,9H,4,7-8H2,1-3H3. The lowest BCUT2D eigenvalue weighted by Crippen LogP contribution is -2.26. The minimum Gasteiger partial charge on any atom is -0.691 e. The summed E-state index contributed by atoms with van der Waals surface area (Å²) in [6.45, 7) is 7.64. The SMILES string of the molecule is CC1=[N+](CCCSOO[O-])c2ccc(I)cc2C1(C)C. The van der Waals surface area contributed by atoms with Gasteiger partial charge in [-0.1, -0.05) is 0 Å². The van der Waals surface area contributed by atoms with Gasteiger partial charge in [0, 0.05) is 46.3 Å². The zero-order valence-electron chi connectivity index (χ0n) is 11.8. The van der Waals surface area contributed by atoms with Crippen LogP contribution in [0, 0.1) is 3.57 Å². The van der Waals surface area contributed by atoms with Gasteiger partial charge >= 0.3 is 0 Å². The van der Waals surface area contributed by atoms with Crippen molar-refractivity contribution < 1.29 is 19.2 Å². The van der Waals surface area contributed by atoms with E-state index in [1.165, 1.54) is 20.5 Å². The number of fused-ring (bicyclic) bond motifs is 1. The molecule has 0 aromatic heterocycles. The average molecular weight is 407 g/mol. The van der Waals surface area contributed by atoms with Crippen molar-refractivity contribution in [2.45, 2.75) is 32.6 Å². The molecule has 0 spiro atoms.